The van der Waals surface area contributed by atoms with Crippen LogP contribution in [0.5, 0.6) is 5.75 Å². The van der Waals surface area contributed by atoms with Crippen molar-refractivity contribution in [1.82, 2.24) is 5.32 Å². The van der Waals surface area contributed by atoms with Crippen LogP contribution in [0.2, 0.25) is 0 Å². The van der Waals surface area contributed by atoms with E-state index in [0.29, 0.717) is 6.54 Å². The van der Waals surface area contributed by atoms with Crippen LogP contribution in [0, 0.1) is 0 Å². The van der Waals surface area contributed by atoms with E-state index >= 15 is 0 Å². The van der Waals surface area contributed by atoms with Gasteiger partial charge in [-0.1, -0.05) is 6.07 Å². The molecular weight excluding hydrogens is 192 g/mol. The summed E-state index contributed by atoms with van der Waals surface area (Å²) in [6.07, 6.45) is 0. The molecule has 0 aliphatic heterocycles. The first-order chi connectivity index (χ1) is 7.19. The second kappa shape index (κ2) is 5.24. The molecule has 0 bridgehead atoms. The maximum atomic E-state index is 11.5. The standard InChI is InChI=1S/C11H16N2O2/c1-4-12-11(14)13(2)9-6-5-7-10(8-9)15-3/h5-8H,4H2,1-3H3,(H,12,14). The second-order valence-corrected chi connectivity index (χ2v) is 3.10. The summed E-state index contributed by atoms with van der Waals surface area (Å²) in [5, 5.41) is 2.73. The predicted molar refractivity (Wildman–Crippen MR) is 60.5 cm³/mol. The smallest absolute Gasteiger partial charge is 0.321 e. The molecule has 0 radical (unpaired) electrons. The first-order valence-electron chi connectivity index (χ1n) is 4.84. The van der Waals surface area contributed by atoms with Gasteiger partial charge >= 0.3 is 6.03 Å². The Kier molecular flexibility index (Phi) is 3.97. The molecule has 82 valence electrons. The fraction of sp³-hybridized carbons (Fsp3) is 0.364. The van der Waals surface area contributed by atoms with Crippen molar-refractivity contribution in [1.29, 1.82) is 0 Å². The van der Waals surface area contributed by atoms with Gasteiger partial charge < -0.3 is 10.1 Å². The number of amides is 2. The van der Waals surface area contributed by atoms with Gasteiger partial charge in [0.05, 0.1) is 7.11 Å². The van der Waals surface area contributed by atoms with Crippen molar-refractivity contribution in [3.63, 3.8) is 0 Å². The lowest BCUT2D eigenvalue weighted by Crippen LogP contribution is -2.36. The molecule has 0 spiro atoms. The number of methoxy groups -OCH3 is 1. The minimum absolute atomic E-state index is 0.120. The van der Waals surface area contributed by atoms with Crippen molar-refractivity contribution < 1.29 is 9.53 Å². The number of ether oxygens (including phenoxy) is 1. The minimum Gasteiger partial charge on any atom is -0.497 e. The van der Waals surface area contributed by atoms with Crippen molar-refractivity contribution in [3.8, 4) is 5.75 Å². The summed E-state index contributed by atoms with van der Waals surface area (Å²) < 4.78 is 5.09. The SMILES string of the molecule is CCNC(=O)N(C)c1cccc(OC)c1. The van der Waals surface area contributed by atoms with Gasteiger partial charge in [0.2, 0.25) is 0 Å². The number of carbonyl (C=O) groups excluding carboxylic acids is 1. The summed E-state index contributed by atoms with van der Waals surface area (Å²) >= 11 is 0. The molecule has 0 saturated carbocycles. The molecule has 1 N–H and O–H groups in total. The van der Waals surface area contributed by atoms with Crippen molar-refractivity contribution in [2.45, 2.75) is 6.92 Å². The molecule has 2 amide bonds. The van der Waals surface area contributed by atoms with E-state index in [2.05, 4.69) is 5.32 Å². The van der Waals surface area contributed by atoms with Crippen molar-refractivity contribution >= 4 is 11.7 Å². The Morgan fingerprint density at radius 2 is 2.27 bits per heavy atom. The molecule has 0 aromatic heterocycles. The molecule has 0 heterocycles. The van der Waals surface area contributed by atoms with E-state index in [-0.39, 0.29) is 6.03 Å². The number of rotatable bonds is 3. The fourth-order valence-corrected chi connectivity index (χ4v) is 1.21. The number of hydrogen-bond donors (Lipinski definition) is 1. The lowest BCUT2D eigenvalue weighted by atomic mass is 10.3. The highest BCUT2D eigenvalue weighted by Crippen LogP contribution is 2.19. The third kappa shape index (κ3) is 2.87. The Bertz CT molecular complexity index is 339. The zero-order valence-electron chi connectivity index (χ0n) is 9.28. The van der Waals surface area contributed by atoms with Gasteiger partial charge in [0.25, 0.3) is 0 Å². The Morgan fingerprint density at radius 3 is 2.87 bits per heavy atom. The minimum atomic E-state index is -0.120. The van der Waals surface area contributed by atoms with Crippen LogP contribution >= 0.6 is 0 Å². The number of carbonyl (C=O) groups is 1. The molecular formula is C11H16N2O2. The molecule has 4 nitrogen and oxygen atoms in total. The summed E-state index contributed by atoms with van der Waals surface area (Å²) in [6, 6.07) is 7.25. The van der Waals surface area contributed by atoms with Crippen molar-refractivity contribution in [3.05, 3.63) is 24.3 Å². The molecule has 1 aromatic carbocycles. The first-order valence-corrected chi connectivity index (χ1v) is 4.84. The highest BCUT2D eigenvalue weighted by Gasteiger charge is 2.09. The van der Waals surface area contributed by atoms with Gasteiger partial charge in [-0.25, -0.2) is 4.79 Å². The van der Waals surface area contributed by atoms with Crippen LogP contribution in [0.4, 0.5) is 10.5 Å². The molecule has 0 aliphatic rings. The third-order valence-electron chi connectivity index (χ3n) is 2.07. The summed E-state index contributed by atoms with van der Waals surface area (Å²) in [5.41, 5.74) is 0.806. The lowest BCUT2D eigenvalue weighted by molar-refractivity contribution is 0.248. The van der Waals surface area contributed by atoms with Crippen LogP contribution < -0.4 is 15.0 Å². The Morgan fingerprint density at radius 1 is 1.53 bits per heavy atom. The van der Waals surface area contributed by atoms with Gasteiger partial charge in [-0.15, -0.1) is 0 Å². The summed E-state index contributed by atoms with van der Waals surface area (Å²) in [4.78, 5) is 13.1. The second-order valence-electron chi connectivity index (χ2n) is 3.10. The van der Waals surface area contributed by atoms with E-state index < -0.39 is 0 Å². The largest absolute Gasteiger partial charge is 0.497 e. The maximum absolute atomic E-state index is 11.5. The van der Waals surface area contributed by atoms with Crippen LogP contribution in [0.1, 0.15) is 6.92 Å². The van der Waals surface area contributed by atoms with Crippen molar-refractivity contribution in [2.24, 2.45) is 0 Å². The average molecular weight is 208 g/mol. The summed E-state index contributed by atoms with van der Waals surface area (Å²) in [7, 11) is 3.32. The highest BCUT2D eigenvalue weighted by molar-refractivity contribution is 5.91. The van der Waals surface area contributed by atoms with Gasteiger partial charge in [0.1, 0.15) is 5.75 Å². The van der Waals surface area contributed by atoms with E-state index in [0.717, 1.165) is 11.4 Å². The molecule has 0 aliphatic carbocycles. The van der Waals surface area contributed by atoms with Crippen molar-refractivity contribution in [2.75, 3.05) is 25.6 Å². The topological polar surface area (TPSA) is 41.6 Å². The van der Waals surface area contributed by atoms with E-state index in [1.54, 1.807) is 19.1 Å². The summed E-state index contributed by atoms with van der Waals surface area (Å²) in [6.45, 7) is 2.50. The van der Waals surface area contributed by atoms with Crippen LogP contribution in [0.25, 0.3) is 0 Å². The molecule has 0 atom stereocenters. The quantitative estimate of drug-likeness (QED) is 0.823. The van der Waals surface area contributed by atoms with Gasteiger partial charge in [-0.2, -0.15) is 0 Å². The number of urea groups is 1. The predicted octanol–water partition coefficient (Wildman–Crippen LogP) is 1.86. The number of nitrogens with one attached hydrogen (secondary N) is 1. The molecule has 1 rings (SSSR count). The Balaban J connectivity index is 2.81. The number of benzene rings is 1. The third-order valence-corrected chi connectivity index (χ3v) is 2.07. The van der Waals surface area contributed by atoms with Crippen LogP contribution in [-0.2, 0) is 0 Å². The zero-order valence-corrected chi connectivity index (χ0v) is 9.28. The highest BCUT2D eigenvalue weighted by atomic mass is 16.5. The Labute approximate surface area is 89.8 Å². The lowest BCUT2D eigenvalue weighted by Gasteiger charge is -2.17. The molecule has 15 heavy (non-hydrogen) atoms. The maximum Gasteiger partial charge on any atom is 0.321 e. The monoisotopic (exact) mass is 208 g/mol. The molecule has 0 unspecified atom stereocenters. The molecule has 0 saturated heterocycles. The molecule has 4 heteroatoms. The number of nitrogens with zero attached hydrogens (tertiary/aromatic N) is 1. The van der Waals surface area contributed by atoms with Gasteiger partial charge in [-0.3, -0.25) is 4.90 Å². The van der Waals surface area contributed by atoms with E-state index in [9.17, 15) is 4.79 Å². The summed E-state index contributed by atoms with van der Waals surface area (Å²) in [5.74, 6) is 0.739. The molecule has 1 aromatic rings. The number of hydrogen-bond acceptors (Lipinski definition) is 2. The van der Waals surface area contributed by atoms with Crippen LogP contribution in [-0.4, -0.2) is 26.7 Å². The first kappa shape index (κ1) is 11.4. The van der Waals surface area contributed by atoms with Crippen LogP contribution in [0.3, 0.4) is 0 Å². The zero-order chi connectivity index (χ0) is 11.3. The molecule has 0 fully saturated rings. The van der Waals surface area contributed by atoms with Gasteiger partial charge in [-0.05, 0) is 19.1 Å². The fourth-order valence-electron chi connectivity index (χ4n) is 1.21. The van der Waals surface area contributed by atoms with E-state index in [1.165, 1.54) is 0 Å². The Hall–Kier alpha value is -1.71. The van der Waals surface area contributed by atoms with E-state index in [1.807, 2.05) is 31.2 Å². The van der Waals surface area contributed by atoms with Gasteiger partial charge in [0, 0.05) is 25.3 Å². The normalized spacial score (nSPS) is 9.53. The average Bonchev–Trinajstić information content (AvgIpc) is 2.28. The van der Waals surface area contributed by atoms with Crippen LogP contribution in [0.15, 0.2) is 24.3 Å². The van der Waals surface area contributed by atoms with E-state index in [4.69, 9.17) is 4.74 Å². The number of anilines is 1. The van der Waals surface area contributed by atoms with Gasteiger partial charge in [0.15, 0.2) is 0 Å².